The number of nitrogens with one attached hydrogen (secondary N) is 1. The van der Waals surface area contributed by atoms with E-state index in [0.717, 1.165) is 38.5 Å². The van der Waals surface area contributed by atoms with Crippen LogP contribution in [0.2, 0.25) is 0 Å². The first-order valence-electron chi connectivity index (χ1n) is 7.34. The van der Waals surface area contributed by atoms with Gasteiger partial charge in [0.1, 0.15) is 12.0 Å². The van der Waals surface area contributed by atoms with E-state index in [9.17, 15) is 9.18 Å². The highest BCUT2D eigenvalue weighted by atomic mass is 19.1. The summed E-state index contributed by atoms with van der Waals surface area (Å²) in [7, 11) is 0. The van der Waals surface area contributed by atoms with Gasteiger partial charge in [0, 0.05) is 5.92 Å². The van der Waals surface area contributed by atoms with E-state index < -0.39 is 6.17 Å². The SMILES string of the molecule is CCC1CC(CCC=N)CCC1C(=O)C1CC1F. The topological polar surface area (TPSA) is 40.9 Å². The molecule has 2 aliphatic carbocycles. The monoisotopic (exact) mass is 253 g/mol. The van der Waals surface area contributed by atoms with Crippen molar-refractivity contribution in [1.82, 2.24) is 0 Å². The third kappa shape index (κ3) is 2.99. The Hall–Kier alpha value is -0.730. The highest BCUT2D eigenvalue weighted by Gasteiger charge is 2.48. The van der Waals surface area contributed by atoms with Gasteiger partial charge in [-0.1, -0.05) is 13.3 Å². The number of hydrogen-bond donors (Lipinski definition) is 1. The van der Waals surface area contributed by atoms with Gasteiger partial charge in [0.25, 0.3) is 0 Å². The van der Waals surface area contributed by atoms with Crippen LogP contribution in [0.15, 0.2) is 0 Å². The molecule has 0 aromatic carbocycles. The van der Waals surface area contributed by atoms with E-state index in [1.54, 1.807) is 0 Å². The molecule has 0 bridgehead atoms. The van der Waals surface area contributed by atoms with Crippen LogP contribution in [0.25, 0.3) is 0 Å². The zero-order valence-electron chi connectivity index (χ0n) is 11.2. The summed E-state index contributed by atoms with van der Waals surface area (Å²) in [5.41, 5.74) is 0. The van der Waals surface area contributed by atoms with Gasteiger partial charge in [0.15, 0.2) is 0 Å². The van der Waals surface area contributed by atoms with Gasteiger partial charge < -0.3 is 5.41 Å². The smallest absolute Gasteiger partial charge is 0.142 e. The number of rotatable bonds is 6. The fraction of sp³-hybridized carbons (Fsp3) is 0.867. The van der Waals surface area contributed by atoms with Gasteiger partial charge in [-0.25, -0.2) is 4.39 Å². The van der Waals surface area contributed by atoms with Gasteiger partial charge in [-0.2, -0.15) is 0 Å². The number of halogens is 1. The number of ketones is 1. The van der Waals surface area contributed by atoms with Crippen molar-refractivity contribution in [2.45, 2.75) is 58.0 Å². The molecule has 1 N–H and O–H groups in total. The summed E-state index contributed by atoms with van der Waals surface area (Å²) in [5.74, 6) is 1.19. The van der Waals surface area contributed by atoms with Gasteiger partial charge in [-0.3, -0.25) is 4.79 Å². The van der Waals surface area contributed by atoms with E-state index in [1.165, 1.54) is 6.21 Å². The third-order valence-corrected chi connectivity index (χ3v) is 4.78. The second-order valence-corrected chi connectivity index (χ2v) is 6.00. The Kier molecular flexibility index (Phi) is 4.52. The highest BCUT2D eigenvalue weighted by molar-refractivity contribution is 5.86. The van der Waals surface area contributed by atoms with Crippen molar-refractivity contribution in [2.75, 3.05) is 0 Å². The molecule has 5 unspecified atom stereocenters. The molecule has 0 saturated heterocycles. The van der Waals surface area contributed by atoms with Crippen molar-refractivity contribution >= 4 is 12.0 Å². The first kappa shape index (κ1) is 13.7. The summed E-state index contributed by atoms with van der Waals surface area (Å²) in [6, 6.07) is 0. The highest BCUT2D eigenvalue weighted by Crippen LogP contribution is 2.44. The predicted molar refractivity (Wildman–Crippen MR) is 70.6 cm³/mol. The maximum Gasteiger partial charge on any atom is 0.142 e. The standard InChI is InChI=1S/C15H24FNO/c1-2-11-8-10(4-3-7-17)5-6-12(11)15(18)13-9-14(13)16/h7,10-14,17H,2-6,8-9H2,1H3. The zero-order valence-corrected chi connectivity index (χ0v) is 11.2. The van der Waals surface area contributed by atoms with Crippen LogP contribution in [0.3, 0.4) is 0 Å². The zero-order chi connectivity index (χ0) is 13.1. The van der Waals surface area contributed by atoms with E-state index in [1.807, 2.05) is 0 Å². The minimum Gasteiger partial charge on any atom is -0.313 e. The lowest BCUT2D eigenvalue weighted by atomic mass is 9.69. The van der Waals surface area contributed by atoms with E-state index in [4.69, 9.17) is 5.41 Å². The largest absolute Gasteiger partial charge is 0.313 e. The van der Waals surface area contributed by atoms with Crippen LogP contribution in [0.5, 0.6) is 0 Å². The molecule has 0 heterocycles. The van der Waals surface area contributed by atoms with Gasteiger partial charge in [-0.15, -0.1) is 0 Å². The molecule has 3 heteroatoms. The van der Waals surface area contributed by atoms with Crippen LogP contribution in [0, 0.1) is 29.1 Å². The second kappa shape index (κ2) is 5.94. The van der Waals surface area contributed by atoms with Gasteiger partial charge in [-0.05, 0) is 56.6 Å². The lowest BCUT2D eigenvalue weighted by Gasteiger charge is -2.35. The van der Waals surface area contributed by atoms with E-state index in [2.05, 4.69) is 6.92 Å². The molecule has 5 atom stereocenters. The molecule has 2 aliphatic rings. The molecular formula is C15H24FNO. The Morgan fingerprint density at radius 3 is 2.61 bits per heavy atom. The molecule has 18 heavy (non-hydrogen) atoms. The Balaban J connectivity index is 1.89. The summed E-state index contributed by atoms with van der Waals surface area (Å²) < 4.78 is 13.0. The quantitative estimate of drug-likeness (QED) is 0.719. The van der Waals surface area contributed by atoms with Crippen LogP contribution in [-0.4, -0.2) is 18.2 Å². The Morgan fingerprint density at radius 1 is 1.33 bits per heavy atom. The molecule has 0 aromatic rings. The summed E-state index contributed by atoms with van der Waals surface area (Å²) >= 11 is 0. The Bertz CT molecular complexity index is 318. The molecule has 2 nitrogen and oxygen atoms in total. The summed E-state index contributed by atoms with van der Waals surface area (Å²) in [6.45, 7) is 2.14. The average Bonchev–Trinajstić information content (AvgIpc) is 3.12. The minimum atomic E-state index is -0.842. The summed E-state index contributed by atoms with van der Waals surface area (Å²) in [5, 5.41) is 7.09. The van der Waals surface area contributed by atoms with Crippen molar-refractivity contribution in [3.63, 3.8) is 0 Å². The van der Waals surface area contributed by atoms with Crippen LogP contribution in [0.4, 0.5) is 4.39 Å². The summed E-state index contributed by atoms with van der Waals surface area (Å²) in [6.07, 6.45) is 7.22. The molecule has 0 radical (unpaired) electrons. The minimum absolute atomic E-state index is 0.122. The van der Waals surface area contributed by atoms with Crippen LogP contribution in [-0.2, 0) is 4.79 Å². The number of carbonyl (C=O) groups is 1. The van der Waals surface area contributed by atoms with E-state index in [-0.39, 0.29) is 17.6 Å². The molecule has 2 fully saturated rings. The van der Waals surface area contributed by atoms with Crippen molar-refractivity contribution in [2.24, 2.45) is 23.7 Å². The number of carbonyl (C=O) groups excluding carboxylic acids is 1. The van der Waals surface area contributed by atoms with Crippen molar-refractivity contribution < 1.29 is 9.18 Å². The molecule has 0 aromatic heterocycles. The van der Waals surface area contributed by atoms with E-state index >= 15 is 0 Å². The van der Waals surface area contributed by atoms with Crippen LogP contribution >= 0.6 is 0 Å². The number of Topliss-reactive ketones (excluding diaryl/α,β-unsaturated/α-hetero) is 1. The van der Waals surface area contributed by atoms with Crippen molar-refractivity contribution in [3.05, 3.63) is 0 Å². The first-order chi connectivity index (χ1) is 8.67. The van der Waals surface area contributed by atoms with Gasteiger partial charge >= 0.3 is 0 Å². The van der Waals surface area contributed by atoms with Gasteiger partial charge in [0.2, 0.25) is 0 Å². The molecule has 0 spiro atoms. The maximum absolute atomic E-state index is 13.0. The molecule has 0 amide bonds. The first-order valence-corrected chi connectivity index (χ1v) is 7.34. The van der Waals surface area contributed by atoms with Crippen LogP contribution in [0.1, 0.15) is 51.9 Å². The number of hydrogen-bond acceptors (Lipinski definition) is 2. The molecule has 0 aliphatic heterocycles. The molecular weight excluding hydrogens is 229 g/mol. The fourth-order valence-corrected chi connectivity index (χ4v) is 3.50. The molecule has 2 rings (SSSR count). The lowest BCUT2D eigenvalue weighted by Crippen LogP contribution is -2.32. The van der Waals surface area contributed by atoms with Crippen molar-refractivity contribution in [1.29, 1.82) is 5.41 Å². The molecule has 102 valence electrons. The van der Waals surface area contributed by atoms with Gasteiger partial charge in [0.05, 0.1) is 5.92 Å². The normalized spacial score (nSPS) is 39.3. The van der Waals surface area contributed by atoms with Crippen LogP contribution < -0.4 is 0 Å². The maximum atomic E-state index is 13.0. The second-order valence-electron chi connectivity index (χ2n) is 6.00. The van der Waals surface area contributed by atoms with E-state index in [0.29, 0.717) is 18.3 Å². The van der Waals surface area contributed by atoms with Crippen molar-refractivity contribution in [3.8, 4) is 0 Å². The predicted octanol–water partition coefficient (Wildman–Crippen LogP) is 3.79. The summed E-state index contributed by atoms with van der Waals surface area (Å²) in [4.78, 5) is 12.2. The Morgan fingerprint density at radius 2 is 2.06 bits per heavy atom. The average molecular weight is 253 g/mol. The number of alkyl halides is 1. The lowest BCUT2D eigenvalue weighted by molar-refractivity contribution is -0.127. The third-order valence-electron chi connectivity index (χ3n) is 4.78. The molecule has 2 saturated carbocycles. The fourth-order valence-electron chi connectivity index (χ4n) is 3.50. The Labute approximate surface area is 109 Å².